The number of likely N-dealkylation sites (tertiary alicyclic amines) is 1. The monoisotopic (exact) mass is 360 g/mol. The Hall–Kier alpha value is -2.12. The summed E-state index contributed by atoms with van der Waals surface area (Å²) >= 11 is 0. The van der Waals surface area contributed by atoms with E-state index in [1.54, 1.807) is 4.57 Å². The largest absolute Gasteiger partial charge is 0.356 e. The van der Waals surface area contributed by atoms with Crippen molar-refractivity contribution >= 4 is 17.8 Å². The van der Waals surface area contributed by atoms with Crippen LogP contribution in [0.2, 0.25) is 0 Å². The maximum absolute atomic E-state index is 12.6. The Morgan fingerprint density at radius 2 is 1.85 bits per heavy atom. The molecule has 0 radical (unpaired) electrons. The van der Waals surface area contributed by atoms with E-state index >= 15 is 0 Å². The number of anilines is 1. The van der Waals surface area contributed by atoms with E-state index in [2.05, 4.69) is 20.4 Å². The molecule has 2 saturated heterocycles. The Labute approximate surface area is 153 Å². The van der Waals surface area contributed by atoms with Crippen LogP contribution in [0, 0.1) is 11.8 Å². The molecule has 0 bridgehead atoms. The second kappa shape index (κ2) is 7.25. The summed E-state index contributed by atoms with van der Waals surface area (Å²) in [6, 6.07) is 0. The van der Waals surface area contributed by atoms with Gasteiger partial charge < -0.3 is 15.1 Å². The van der Waals surface area contributed by atoms with Crippen LogP contribution < -0.4 is 10.2 Å². The normalized spacial score (nSPS) is 23.3. The van der Waals surface area contributed by atoms with Crippen LogP contribution in [0.4, 0.5) is 5.95 Å². The van der Waals surface area contributed by atoms with Crippen LogP contribution in [0.3, 0.4) is 0 Å². The molecule has 2 amide bonds. The summed E-state index contributed by atoms with van der Waals surface area (Å²) in [5.41, 5.74) is 0. The summed E-state index contributed by atoms with van der Waals surface area (Å²) in [6.45, 7) is 3.90. The molecular weight excluding hydrogens is 332 g/mol. The van der Waals surface area contributed by atoms with Crippen LogP contribution in [-0.2, 0) is 11.8 Å². The van der Waals surface area contributed by atoms with E-state index < -0.39 is 0 Å². The molecule has 1 aromatic heterocycles. The van der Waals surface area contributed by atoms with Gasteiger partial charge in [0.05, 0.1) is 5.92 Å². The Kier molecular flexibility index (Phi) is 4.82. The lowest BCUT2D eigenvalue weighted by Gasteiger charge is -2.32. The van der Waals surface area contributed by atoms with Crippen molar-refractivity contribution in [2.45, 2.75) is 38.5 Å². The van der Waals surface area contributed by atoms with Gasteiger partial charge in [-0.25, -0.2) is 0 Å². The zero-order chi connectivity index (χ0) is 18.1. The lowest BCUT2D eigenvalue weighted by Crippen LogP contribution is -2.44. The molecule has 0 spiro atoms. The second-order valence-electron chi connectivity index (χ2n) is 7.86. The maximum Gasteiger partial charge on any atom is 0.291 e. The maximum atomic E-state index is 12.6. The third kappa shape index (κ3) is 3.54. The number of rotatable bonds is 5. The van der Waals surface area contributed by atoms with Gasteiger partial charge in [0.2, 0.25) is 17.7 Å². The van der Waals surface area contributed by atoms with Crippen LogP contribution in [0.5, 0.6) is 0 Å². The van der Waals surface area contributed by atoms with Crippen molar-refractivity contribution in [1.82, 2.24) is 25.0 Å². The Morgan fingerprint density at radius 3 is 2.58 bits per heavy atom. The molecule has 26 heavy (non-hydrogen) atoms. The van der Waals surface area contributed by atoms with Crippen molar-refractivity contribution < 1.29 is 9.59 Å². The molecule has 1 aliphatic carbocycles. The molecule has 142 valence electrons. The van der Waals surface area contributed by atoms with E-state index in [4.69, 9.17) is 0 Å². The fourth-order valence-electron chi connectivity index (χ4n) is 3.93. The molecule has 0 aromatic carbocycles. The lowest BCUT2D eigenvalue weighted by molar-refractivity contribution is -0.125. The minimum Gasteiger partial charge on any atom is -0.356 e. The van der Waals surface area contributed by atoms with Crippen LogP contribution in [-0.4, -0.2) is 64.2 Å². The molecule has 3 heterocycles. The van der Waals surface area contributed by atoms with E-state index in [1.165, 1.54) is 12.8 Å². The Balaban J connectivity index is 1.41. The topological polar surface area (TPSA) is 83.4 Å². The smallest absolute Gasteiger partial charge is 0.291 e. The summed E-state index contributed by atoms with van der Waals surface area (Å²) in [5, 5.41) is 11.5. The van der Waals surface area contributed by atoms with Gasteiger partial charge in [0.25, 0.3) is 5.91 Å². The Morgan fingerprint density at radius 1 is 1.08 bits per heavy atom. The van der Waals surface area contributed by atoms with Gasteiger partial charge in [-0.3, -0.25) is 14.2 Å². The first-order valence-electron chi connectivity index (χ1n) is 9.85. The molecule has 8 nitrogen and oxygen atoms in total. The fraction of sp³-hybridized carbons (Fsp3) is 0.778. The average molecular weight is 360 g/mol. The van der Waals surface area contributed by atoms with Crippen molar-refractivity contribution in [3.63, 3.8) is 0 Å². The van der Waals surface area contributed by atoms with Crippen molar-refractivity contribution in [1.29, 1.82) is 0 Å². The summed E-state index contributed by atoms with van der Waals surface area (Å²) in [4.78, 5) is 29.0. The number of carbonyl (C=O) groups excluding carboxylic acids is 2. The van der Waals surface area contributed by atoms with Crippen molar-refractivity contribution in [2.24, 2.45) is 18.9 Å². The van der Waals surface area contributed by atoms with Gasteiger partial charge in [0, 0.05) is 39.8 Å². The highest BCUT2D eigenvalue weighted by molar-refractivity contribution is 5.91. The van der Waals surface area contributed by atoms with Gasteiger partial charge in [0.1, 0.15) is 0 Å². The van der Waals surface area contributed by atoms with Gasteiger partial charge >= 0.3 is 0 Å². The van der Waals surface area contributed by atoms with E-state index in [-0.39, 0.29) is 17.7 Å². The SMILES string of the molecule is Cn1c(C(=O)N2CCCC2)nnc1N1CCCC(C(=O)NCC2CC2)C1. The van der Waals surface area contributed by atoms with Gasteiger partial charge in [0.15, 0.2) is 0 Å². The highest BCUT2D eigenvalue weighted by atomic mass is 16.2. The summed E-state index contributed by atoms with van der Waals surface area (Å²) in [6.07, 6.45) is 6.45. The molecule has 1 unspecified atom stereocenters. The van der Waals surface area contributed by atoms with E-state index in [0.29, 0.717) is 24.2 Å². The predicted molar refractivity (Wildman–Crippen MR) is 96.8 cm³/mol. The molecule has 4 rings (SSSR count). The molecule has 1 N–H and O–H groups in total. The number of hydrogen-bond acceptors (Lipinski definition) is 5. The fourth-order valence-corrected chi connectivity index (χ4v) is 3.93. The molecular formula is C18H28N6O2. The highest BCUT2D eigenvalue weighted by Gasteiger charge is 2.31. The lowest BCUT2D eigenvalue weighted by atomic mass is 9.97. The first-order chi connectivity index (χ1) is 12.6. The number of piperidine rings is 1. The number of nitrogens with one attached hydrogen (secondary N) is 1. The van der Waals surface area contributed by atoms with Crippen molar-refractivity contribution in [3.05, 3.63) is 5.82 Å². The molecule has 3 fully saturated rings. The molecule has 3 aliphatic rings. The third-order valence-corrected chi connectivity index (χ3v) is 5.77. The minimum atomic E-state index is -0.0421. The third-order valence-electron chi connectivity index (χ3n) is 5.77. The van der Waals surface area contributed by atoms with Gasteiger partial charge in [-0.2, -0.15) is 0 Å². The minimum absolute atomic E-state index is 0.0167. The predicted octanol–water partition coefficient (Wildman–Crippen LogP) is 0.794. The molecule has 8 heteroatoms. The van der Waals surface area contributed by atoms with Gasteiger partial charge in [-0.15, -0.1) is 10.2 Å². The Bertz CT molecular complexity index is 677. The standard InChI is InChI=1S/C18H28N6O2/c1-22-15(17(26)23-8-2-3-9-23)20-21-18(22)24-10-4-5-14(12-24)16(25)19-11-13-6-7-13/h13-14H,2-12H2,1H3,(H,19,25). The first-order valence-corrected chi connectivity index (χ1v) is 9.85. The quantitative estimate of drug-likeness (QED) is 0.839. The van der Waals surface area contributed by atoms with Gasteiger partial charge in [-0.1, -0.05) is 0 Å². The molecule has 1 atom stereocenters. The molecule has 1 aromatic rings. The van der Waals surface area contributed by atoms with E-state index in [9.17, 15) is 9.59 Å². The molecule has 2 aliphatic heterocycles. The van der Waals surface area contributed by atoms with Crippen LogP contribution in [0.15, 0.2) is 0 Å². The zero-order valence-electron chi connectivity index (χ0n) is 15.5. The average Bonchev–Trinajstić information content (AvgIpc) is 3.16. The summed E-state index contributed by atoms with van der Waals surface area (Å²) in [5.74, 6) is 1.86. The van der Waals surface area contributed by atoms with Crippen LogP contribution in [0.25, 0.3) is 0 Å². The number of hydrogen-bond donors (Lipinski definition) is 1. The summed E-state index contributed by atoms with van der Waals surface area (Å²) < 4.78 is 1.78. The van der Waals surface area contributed by atoms with Crippen molar-refractivity contribution in [2.75, 3.05) is 37.6 Å². The van der Waals surface area contributed by atoms with Gasteiger partial charge in [-0.05, 0) is 44.4 Å². The van der Waals surface area contributed by atoms with Crippen LogP contribution >= 0.6 is 0 Å². The highest BCUT2D eigenvalue weighted by Crippen LogP contribution is 2.28. The number of amides is 2. The zero-order valence-corrected chi connectivity index (χ0v) is 15.5. The number of nitrogens with zero attached hydrogens (tertiary/aromatic N) is 5. The van der Waals surface area contributed by atoms with Crippen molar-refractivity contribution in [3.8, 4) is 0 Å². The number of carbonyl (C=O) groups is 2. The van der Waals surface area contributed by atoms with E-state index in [1.807, 2.05) is 11.9 Å². The molecule has 1 saturated carbocycles. The summed E-state index contributed by atoms with van der Waals surface area (Å²) in [7, 11) is 1.84. The van der Waals surface area contributed by atoms with E-state index in [0.717, 1.165) is 51.9 Å². The number of aromatic nitrogens is 3. The second-order valence-corrected chi connectivity index (χ2v) is 7.86. The first kappa shape index (κ1) is 17.3. The van der Waals surface area contributed by atoms with Crippen LogP contribution in [0.1, 0.15) is 49.1 Å².